The molecule has 2 N–H and O–H groups in total. The average Bonchev–Trinajstić information content (AvgIpc) is 2.66. The summed E-state index contributed by atoms with van der Waals surface area (Å²) in [6.07, 6.45) is 9.86. The van der Waals surface area contributed by atoms with E-state index < -0.39 is 0 Å². The number of hydrogen-bond donors (Lipinski definition) is 2. The first-order chi connectivity index (χ1) is 12.6. The largest absolute Gasteiger partial charge is 0.356 e. The molecule has 2 unspecified atom stereocenters. The van der Waals surface area contributed by atoms with Gasteiger partial charge >= 0.3 is 0 Å². The fraction of sp³-hybridized carbons (Fsp3) is 0.952. The van der Waals surface area contributed by atoms with Gasteiger partial charge in [0.2, 0.25) is 0 Å². The summed E-state index contributed by atoms with van der Waals surface area (Å²) in [7, 11) is 4.10. The lowest BCUT2D eigenvalue weighted by atomic mass is 9.85. The summed E-state index contributed by atoms with van der Waals surface area (Å²) in [5.74, 6) is 2.56. The van der Waals surface area contributed by atoms with Gasteiger partial charge in [0.25, 0.3) is 0 Å². The Morgan fingerprint density at radius 1 is 1.07 bits per heavy atom. The van der Waals surface area contributed by atoms with Crippen molar-refractivity contribution in [2.24, 2.45) is 16.8 Å². The normalized spacial score (nSPS) is 22.7. The van der Waals surface area contributed by atoms with Gasteiger partial charge in [-0.15, -0.1) is 24.0 Å². The third-order valence-corrected chi connectivity index (χ3v) is 6.12. The van der Waals surface area contributed by atoms with Gasteiger partial charge in [0.1, 0.15) is 0 Å². The van der Waals surface area contributed by atoms with Crippen LogP contribution in [0.1, 0.15) is 58.8 Å². The lowest BCUT2D eigenvalue weighted by Gasteiger charge is -2.34. The van der Waals surface area contributed by atoms with E-state index in [4.69, 9.17) is 0 Å². The minimum absolute atomic E-state index is 0. The molecule has 2 atom stereocenters. The molecule has 0 aromatic carbocycles. The van der Waals surface area contributed by atoms with Crippen molar-refractivity contribution in [1.82, 2.24) is 20.4 Å². The van der Waals surface area contributed by atoms with Crippen LogP contribution in [0.15, 0.2) is 4.99 Å². The lowest BCUT2D eigenvalue weighted by Crippen LogP contribution is -2.48. The van der Waals surface area contributed by atoms with Crippen LogP contribution in [0.5, 0.6) is 0 Å². The van der Waals surface area contributed by atoms with Crippen LogP contribution in [-0.2, 0) is 0 Å². The summed E-state index contributed by atoms with van der Waals surface area (Å²) in [4.78, 5) is 9.43. The number of nitrogens with one attached hydrogen (secondary N) is 2. The Morgan fingerprint density at radius 2 is 1.74 bits per heavy atom. The molecule has 0 spiro atoms. The molecule has 0 amide bonds. The van der Waals surface area contributed by atoms with Crippen molar-refractivity contribution in [1.29, 1.82) is 0 Å². The Hall–Kier alpha value is -0.0800. The molecule has 1 heterocycles. The second-order valence-corrected chi connectivity index (χ2v) is 8.79. The predicted molar refractivity (Wildman–Crippen MR) is 128 cm³/mol. The van der Waals surface area contributed by atoms with Gasteiger partial charge in [-0.3, -0.25) is 4.99 Å². The maximum absolute atomic E-state index is 4.43. The highest BCUT2D eigenvalue weighted by molar-refractivity contribution is 14.0. The molecule has 2 aliphatic rings. The topological polar surface area (TPSA) is 42.9 Å². The fourth-order valence-corrected chi connectivity index (χ4v) is 4.27. The predicted octanol–water partition coefficient (Wildman–Crippen LogP) is 3.40. The molecular formula is C21H44IN5. The van der Waals surface area contributed by atoms with Crippen LogP contribution in [0.25, 0.3) is 0 Å². The summed E-state index contributed by atoms with van der Waals surface area (Å²) in [6.45, 7) is 11.6. The summed E-state index contributed by atoms with van der Waals surface area (Å²) >= 11 is 0. The van der Waals surface area contributed by atoms with E-state index in [1.807, 2.05) is 7.05 Å². The molecule has 0 bridgehead atoms. The summed E-state index contributed by atoms with van der Waals surface area (Å²) in [6, 6.07) is 0.496. The van der Waals surface area contributed by atoms with E-state index in [0.717, 1.165) is 18.4 Å². The minimum atomic E-state index is 0. The standard InChI is InChI=1S/C21H43N5.HI/c1-18(17-26-14-12-25(4)13-15-26)16-23-21(22-3)24-19(2)10-11-20-8-6-5-7-9-20;/h18-20H,5-17H2,1-4H3,(H2,22,23,24);1H. The van der Waals surface area contributed by atoms with Gasteiger partial charge in [0, 0.05) is 52.4 Å². The van der Waals surface area contributed by atoms with Gasteiger partial charge in [-0.25, -0.2) is 0 Å². The van der Waals surface area contributed by atoms with E-state index in [1.165, 1.54) is 77.7 Å². The summed E-state index contributed by atoms with van der Waals surface area (Å²) < 4.78 is 0. The van der Waals surface area contributed by atoms with Crippen molar-refractivity contribution >= 4 is 29.9 Å². The number of rotatable bonds is 8. The van der Waals surface area contributed by atoms with E-state index in [1.54, 1.807) is 0 Å². The maximum Gasteiger partial charge on any atom is 0.191 e. The molecular weight excluding hydrogens is 449 g/mol. The second kappa shape index (κ2) is 14.0. The van der Waals surface area contributed by atoms with Crippen molar-refractivity contribution in [3.63, 3.8) is 0 Å². The molecule has 6 heteroatoms. The van der Waals surface area contributed by atoms with Gasteiger partial charge < -0.3 is 20.4 Å². The van der Waals surface area contributed by atoms with E-state index in [-0.39, 0.29) is 24.0 Å². The number of nitrogens with zero attached hydrogens (tertiary/aromatic N) is 3. The van der Waals surface area contributed by atoms with Crippen molar-refractivity contribution in [3.05, 3.63) is 0 Å². The number of halogens is 1. The Bertz CT molecular complexity index is 403. The quantitative estimate of drug-likeness (QED) is 0.309. The second-order valence-electron chi connectivity index (χ2n) is 8.79. The van der Waals surface area contributed by atoms with E-state index in [0.29, 0.717) is 12.0 Å². The molecule has 2 fully saturated rings. The van der Waals surface area contributed by atoms with Crippen molar-refractivity contribution in [3.8, 4) is 0 Å². The molecule has 0 aromatic heterocycles. The Labute approximate surface area is 185 Å². The lowest BCUT2D eigenvalue weighted by molar-refractivity contribution is 0.139. The van der Waals surface area contributed by atoms with Crippen molar-refractivity contribution < 1.29 is 0 Å². The fourth-order valence-electron chi connectivity index (χ4n) is 4.27. The molecule has 5 nitrogen and oxygen atoms in total. The van der Waals surface area contributed by atoms with Gasteiger partial charge in [-0.05, 0) is 38.6 Å². The maximum atomic E-state index is 4.43. The monoisotopic (exact) mass is 493 g/mol. The van der Waals surface area contributed by atoms with Crippen LogP contribution in [-0.4, -0.2) is 75.2 Å². The first-order valence-corrected chi connectivity index (χ1v) is 10.9. The molecule has 2 rings (SSSR count). The molecule has 1 saturated carbocycles. The number of hydrogen-bond acceptors (Lipinski definition) is 3. The van der Waals surface area contributed by atoms with Crippen LogP contribution in [0, 0.1) is 11.8 Å². The van der Waals surface area contributed by atoms with Gasteiger partial charge in [-0.2, -0.15) is 0 Å². The number of guanidine groups is 1. The smallest absolute Gasteiger partial charge is 0.191 e. The molecule has 1 aliphatic heterocycles. The molecule has 160 valence electrons. The first kappa shape index (κ1) is 25.0. The first-order valence-electron chi connectivity index (χ1n) is 10.9. The number of aliphatic imine (C=N–C) groups is 1. The Kier molecular flexibility index (Phi) is 12.9. The summed E-state index contributed by atoms with van der Waals surface area (Å²) in [5, 5.41) is 7.13. The van der Waals surface area contributed by atoms with Gasteiger partial charge in [-0.1, -0.05) is 39.0 Å². The van der Waals surface area contributed by atoms with Crippen LogP contribution in [0.4, 0.5) is 0 Å². The molecule has 1 saturated heterocycles. The minimum Gasteiger partial charge on any atom is -0.356 e. The molecule has 0 radical (unpaired) electrons. The Balaban J connectivity index is 0.00000364. The number of piperazine rings is 1. The van der Waals surface area contributed by atoms with Crippen LogP contribution in [0.2, 0.25) is 0 Å². The molecule has 1 aliphatic carbocycles. The Morgan fingerprint density at radius 3 is 2.37 bits per heavy atom. The zero-order chi connectivity index (χ0) is 18.8. The zero-order valence-electron chi connectivity index (χ0n) is 18.2. The van der Waals surface area contributed by atoms with E-state index in [2.05, 4.69) is 46.3 Å². The zero-order valence-corrected chi connectivity index (χ0v) is 20.5. The summed E-state index contributed by atoms with van der Waals surface area (Å²) in [5.41, 5.74) is 0. The number of likely N-dealkylation sites (N-methyl/N-ethyl adjacent to an activating group) is 1. The highest BCUT2D eigenvalue weighted by atomic mass is 127. The SMILES string of the molecule is CN=C(NCC(C)CN1CCN(C)CC1)NC(C)CCC1CCCCC1.I. The third kappa shape index (κ3) is 10.3. The van der Waals surface area contributed by atoms with E-state index >= 15 is 0 Å². The molecule has 27 heavy (non-hydrogen) atoms. The van der Waals surface area contributed by atoms with Crippen LogP contribution >= 0.6 is 24.0 Å². The highest BCUT2D eigenvalue weighted by Gasteiger charge is 2.17. The van der Waals surface area contributed by atoms with E-state index in [9.17, 15) is 0 Å². The van der Waals surface area contributed by atoms with Crippen molar-refractivity contribution in [2.75, 3.05) is 53.4 Å². The van der Waals surface area contributed by atoms with Crippen molar-refractivity contribution in [2.45, 2.75) is 64.8 Å². The van der Waals surface area contributed by atoms with Crippen LogP contribution in [0.3, 0.4) is 0 Å². The van der Waals surface area contributed by atoms with Crippen LogP contribution < -0.4 is 10.6 Å². The van der Waals surface area contributed by atoms with Gasteiger partial charge in [0.15, 0.2) is 5.96 Å². The molecule has 0 aromatic rings. The third-order valence-electron chi connectivity index (χ3n) is 6.12. The van der Waals surface area contributed by atoms with Gasteiger partial charge in [0.05, 0.1) is 0 Å². The average molecular weight is 494 g/mol. The highest BCUT2D eigenvalue weighted by Crippen LogP contribution is 2.27.